The molecule has 2 amide bonds. The smallest absolute Gasteiger partial charge is 0.257 e. The zero-order valence-electron chi connectivity index (χ0n) is 14.3. The molecular formula is C17H12N6O2S3. The highest BCUT2D eigenvalue weighted by molar-refractivity contribution is 7.80. The number of anilines is 2. The third-order valence-electron chi connectivity index (χ3n) is 3.67. The third-order valence-corrected chi connectivity index (χ3v) is 5.37. The van der Waals surface area contributed by atoms with Gasteiger partial charge >= 0.3 is 0 Å². The van der Waals surface area contributed by atoms with Crippen LogP contribution < -0.4 is 16.0 Å². The first-order chi connectivity index (χ1) is 13.5. The van der Waals surface area contributed by atoms with E-state index in [1.807, 2.05) is 6.07 Å². The molecule has 0 atom stereocenters. The van der Waals surface area contributed by atoms with Crippen molar-refractivity contribution in [2.75, 3.05) is 10.6 Å². The Balaban J connectivity index is 1.45. The van der Waals surface area contributed by atoms with Crippen LogP contribution in [0.2, 0.25) is 0 Å². The van der Waals surface area contributed by atoms with Gasteiger partial charge in [-0.15, -0.1) is 0 Å². The number of thiocarbonyl (C=S) groups is 1. The summed E-state index contributed by atoms with van der Waals surface area (Å²) in [4.78, 5) is 28.0. The number of fused-ring (bicyclic) bond motifs is 2. The molecule has 4 aromatic rings. The summed E-state index contributed by atoms with van der Waals surface area (Å²) in [6.45, 7) is 1.45. The van der Waals surface area contributed by atoms with Crippen LogP contribution in [0.15, 0.2) is 36.4 Å². The lowest BCUT2D eigenvalue weighted by Gasteiger charge is -2.06. The summed E-state index contributed by atoms with van der Waals surface area (Å²) >= 11 is 7.68. The summed E-state index contributed by atoms with van der Waals surface area (Å²) in [5.41, 5.74) is 3.30. The van der Waals surface area contributed by atoms with Crippen molar-refractivity contribution < 1.29 is 9.59 Å². The molecule has 0 radical (unpaired) electrons. The molecule has 4 rings (SSSR count). The molecule has 0 bridgehead atoms. The molecular weight excluding hydrogens is 416 g/mol. The number of aromatic nitrogens is 3. The molecule has 0 saturated carbocycles. The number of nitrogens with one attached hydrogen (secondary N) is 3. The summed E-state index contributed by atoms with van der Waals surface area (Å²) < 4.78 is 9.11. The van der Waals surface area contributed by atoms with Crippen molar-refractivity contribution in [1.82, 2.24) is 19.0 Å². The molecule has 8 nitrogen and oxygen atoms in total. The quantitative estimate of drug-likeness (QED) is 0.429. The predicted octanol–water partition coefficient (Wildman–Crippen LogP) is 3.39. The number of hydrogen-bond acceptors (Lipinski definition) is 8. The molecule has 0 fully saturated rings. The Bertz CT molecular complexity index is 1230. The van der Waals surface area contributed by atoms with Crippen LogP contribution >= 0.6 is 35.3 Å². The van der Waals surface area contributed by atoms with Gasteiger partial charge in [0.1, 0.15) is 11.0 Å². The Hall–Kier alpha value is -3.02. The highest BCUT2D eigenvalue weighted by Crippen LogP contribution is 2.28. The van der Waals surface area contributed by atoms with Gasteiger partial charge in [0.05, 0.1) is 21.9 Å². The number of benzene rings is 2. The monoisotopic (exact) mass is 428 g/mol. The van der Waals surface area contributed by atoms with Gasteiger partial charge in [-0.3, -0.25) is 14.9 Å². The van der Waals surface area contributed by atoms with Gasteiger partial charge in [0.15, 0.2) is 10.2 Å². The van der Waals surface area contributed by atoms with Crippen LogP contribution in [0.25, 0.3) is 21.3 Å². The topological polar surface area (TPSA) is 109 Å². The zero-order valence-corrected chi connectivity index (χ0v) is 16.8. The van der Waals surface area contributed by atoms with E-state index in [0.717, 1.165) is 27.5 Å². The van der Waals surface area contributed by atoms with E-state index < -0.39 is 0 Å². The number of carbonyl (C=O) groups excluding carboxylic acids is 2. The Kier molecular flexibility index (Phi) is 4.94. The SMILES string of the molecule is CC(=O)Nc1ccc2nc(NC(=S)NC(=O)c3ccc4nsnc4c3)sc2c1. The van der Waals surface area contributed by atoms with E-state index >= 15 is 0 Å². The van der Waals surface area contributed by atoms with Crippen LogP contribution in [-0.4, -0.2) is 30.7 Å². The van der Waals surface area contributed by atoms with Gasteiger partial charge < -0.3 is 10.6 Å². The first-order valence-corrected chi connectivity index (χ1v) is 9.96. The van der Waals surface area contributed by atoms with Gasteiger partial charge in [0, 0.05) is 18.2 Å². The molecule has 28 heavy (non-hydrogen) atoms. The number of hydrogen-bond donors (Lipinski definition) is 3. The van der Waals surface area contributed by atoms with Gasteiger partial charge in [-0.2, -0.15) is 8.75 Å². The maximum Gasteiger partial charge on any atom is 0.257 e. The van der Waals surface area contributed by atoms with E-state index in [0.29, 0.717) is 21.9 Å². The fourth-order valence-electron chi connectivity index (χ4n) is 2.49. The second-order valence-corrected chi connectivity index (χ2v) is 7.73. The first-order valence-electron chi connectivity index (χ1n) is 8.01. The average molecular weight is 429 g/mol. The lowest BCUT2D eigenvalue weighted by Crippen LogP contribution is -2.34. The Labute approximate surface area is 172 Å². The molecule has 0 unspecified atom stereocenters. The van der Waals surface area contributed by atoms with Crippen LogP contribution in [0.1, 0.15) is 17.3 Å². The maximum atomic E-state index is 12.4. The van der Waals surface area contributed by atoms with E-state index in [2.05, 4.69) is 29.7 Å². The number of thiazole rings is 1. The van der Waals surface area contributed by atoms with E-state index in [4.69, 9.17) is 12.2 Å². The van der Waals surface area contributed by atoms with Crippen molar-refractivity contribution >= 4 is 84.3 Å². The average Bonchev–Trinajstić information content (AvgIpc) is 3.25. The zero-order chi connectivity index (χ0) is 19.7. The minimum atomic E-state index is -0.346. The first kappa shape index (κ1) is 18.3. The largest absolute Gasteiger partial charge is 0.326 e. The molecule has 2 aromatic heterocycles. The molecule has 0 aliphatic rings. The lowest BCUT2D eigenvalue weighted by molar-refractivity contribution is -0.114. The highest BCUT2D eigenvalue weighted by atomic mass is 32.1. The molecule has 0 aliphatic heterocycles. The van der Waals surface area contributed by atoms with Gasteiger partial charge in [-0.1, -0.05) is 11.3 Å². The summed E-state index contributed by atoms with van der Waals surface area (Å²) in [5.74, 6) is -0.487. The number of nitrogens with zero attached hydrogens (tertiary/aromatic N) is 3. The van der Waals surface area contributed by atoms with Crippen LogP contribution in [0.4, 0.5) is 10.8 Å². The van der Waals surface area contributed by atoms with Crippen molar-refractivity contribution in [2.45, 2.75) is 6.92 Å². The second-order valence-electron chi connectivity index (χ2n) is 5.76. The van der Waals surface area contributed by atoms with Crippen molar-refractivity contribution in [3.8, 4) is 0 Å². The van der Waals surface area contributed by atoms with Gasteiger partial charge in [0.25, 0.3) is 5.91 Å². The minimum Gasteiger partial charge on any atom is -0.326 e. The number of amides is 2. The predicted molar refractivity (Wildman–Crippen MR) is 115 cm³/mol. The Morgan fingerprint density at radius 3 is 2.61 bits per heavy atom. The Morgan fingerprint density at radius 2 is 1.79 bits per heavy atom. The lowest BCUT2D eigenvalue weighted by atomic mass is 10.2. The molecule has 0 spiro atoms. The molecule has 2 heterocycles. The van der Waals surface area contributed by atoms with E-state index in [1.54, 1.807) is 30.3 Å². The van der Waals surface area contributed by atoms with E-state index in [-0.39, 0.29) is 16.9 Å². The molecule has 2 aromatic carbocycles. The standard InChI is InChI=1S/C17H12N6O2S3/c1-8(24)18-10-3-5-12-14(7-10)27-17(19-12)21-16(26)20-15(25)9-2-4-11-13(6-9)23-28-22-11/h2-7H,1H3,(H,18,24)(H2,19,20,21,25,26). The van der Waals surface area contributed by atoms with Crippen molar-refractivity contribution in [1.29, 1.82) is 0 Å². The van der Waals surface area contributed by atoms with Gasteiger partial charge in [0.2, 0.25) is 5.91 Å². The van der Waals surface area contributed by atoms with E-state index in [1.165, 1.54) is 18.3 Å². The normalized spacial score (nSPS) is 10.8. The third kappa shape index (κ3) is 3.96. The summed E-state index contributed by atoms with van der Waals surface area (Å²) in [6.07, 6.45) is 0. The van der Waals surface area contributed by atoms with Crippen LogP contribution in [0.3, 0.4) is 0 Å². The molecule has 0 saturated heterocycles. The second kappa shape index (κ2) is 7.54. The Morgan fingerprint density at radius 1 is 1.00 bits per heavy atom. The van der Waals surface area contributed by atoms with E-state index in [9.17, 15) is 9.59 Å². The van der Waals surface area contributed by atoms with Gasteiger partial charge in [-0.25, -0.2) is 4.98 Å². The fraction of sp³-hybridized carbons (Fsp3) is 0.0588. The summed E-state index contributed by atoms with van der Waals surface area (Å²) in [6, 6.07) is 10.5. The van der Waals surface area contributed by atoms with Crippen LogP contribution in [-0.2, 0) is 4.79 Å². The molecule has 11 heteroatoms. The maximum absolute atomic E-state index is 12.4. The highest BCUT2D eigenvalue weighted by Gasteiger charge is 2.12. The minimum absolute atomic E-state index is 0.141. The van der Waals surface area contributed by atoms with Crippen LogP contribution in [0, 0.1) is 0 Å². The molecule has 3 N–H and O–H groups in total. The molecule has 140 valence electrons. The van der Waals surface area contributed by atoms with Crippen molar-refractivity contribution in [3.05, 3.63) is 42.0 Å². The molecule has 0 aliphatic carbocycles. The number of carbonyl (C=O) groups is 2. The number of rotatable bonds is 3. The van der Waals surface area contributed by atoms with Crippen molar-refractivity contribution in [3.63, 3.8) is 0 Å². The van der Waals surface area contributed by atoms with Crippen LogP contribution in [0.5, 0.6) is 0 Å². The summed E-state index contributed by atoms with van der Waals surface area (Å²) in [5, 5.41) is 8.96. The van der Waals surface area contributed by atoms with Crippen molar-refractivity contribution in [2.24, 2.45) is 0 Å². The van der Waals surface area contributed by atoms with Gasteiger partial charge in [-0.05, 0) is 48.6 Å². The fourth-order valence-corrected chi connectivity index (χ4v) is 4.17. The summed E-state index contributed by atoms with van der Waals surface area (Å²) in [7, 11) is 0.